The largest absolute Gasteiger partial charge is 0.242 e. The lowest BCUT2D eigenvalue weighted by Crippen LogP contribution is -1.98. The van der Waals surface area contributed by atoms with Crippen LogP contribution in [0.15, 0.2) is 60.7 Å². The van der Waals surface area contributed by atoms with Crippen LogP contribution in [0.1, 0.15) is 22.9 Å². The van der Waals surface area contributed by atoms with E-state index in [-0.39, 0.29) is 12.0 Å². The average molecular weight is 293 g/mol. The van der Waals surface area contributed by atoms with Crippen molar-refractivity contribution < 1.29 is 8.78 Å². The van der Waals surface area contributed by atoms with E-state index in [1.807, 2.05) is 36.4 Å². The molecule has 0 bridgehead atoms. The Balaban J connectivity index is 1.85. The molecule has 0 amide bonds. The zero-order chi connectivity index (χ0) is 15.5. The summed E-state index contributed by atoms with van der Waals surface area (Å²) in [5.41, 5.74) is 1.09. The van der Waals surface area contributed by atoms with Gasteiger partial charge in [-0.1, -0.05) is 42.5 Å². The number of halogens is 2. The molecule has 0 N–H and O–H groups in total. The number of nitriles is 1. The number of alkyl halides is 1. The molecular weight excluding hydrogens is 280 g/mol. The monoisotopic (exact) mass is 293 g/mol. The summed E-state index contributed by atoms with van der Waals surface area (Å²) in [7, 11) is 0. The third-order valence-corrected chi connectivity index (χ3v) is 3.70. The van der Waals surface area contributed by atoms with E-state index < -0.39 is 12.0 Å². The number of hydrogen-bond acceptors (Lipinski definition) is 1. The highest BCUT2D eigenvalue weighted by Gasteiger charge is 2.13. The van der Waals surface area contributed by atoms with Crippen LogP contribution >= 0.6 is 0 Å². The van der Waals surface area contributed by atoms with E-state index in [0.29, 0.717) is 11.1 Å². The molecule has 0 saturated heterocycles. The summed E-state index contributed by atoms with van der Waals surface area (Å²) in [6.07, 6.45) is -1.13. The summed E-state index contributed by atoms with van der Waals surface area (Å²) >= 11 is 0. The summed E-state index contributed by atoms with van der Waals surface area (Å²) in [5, 5.41) is 10.7. The van der Waals surface area contributed by atoms with Crippen molar-refractivity contribution in [3.8, 4) is 6.07 Å². The second-order valence-corrected chi connectivity index (χ2v) is 5.20. The van der Waals surface area contributed by atoms with Crippen molar-refractivity contribution >= 4 is 10.8 Å². The lowest BCUT2D eigenvalue weighted by Gasteiger charge is -2.10. The highest BCUT2D eigenvalue weighted by molar-refractivity contribution is 5.83. The summed E-state index contributed by atoms with van der Waals surface area (Å²) < 4.78 is 28.0. The first-order chi connectivity index (χ1) is 10.7. The smallest absolute Gasteiger partial charge is 0.141 e. The molecule has 1 atom stereocenters. The van der Waals surface area contributed by atoms with Crippen LogP contribution in [0.4, 0.5) is 8.78 Å². The van der Waals surface area contributed by atoms with E-state index in [0.717, 1.165) is 10.8 Å². The van der Waals surface area contributed by atoms with Gasteiger partial charge >= 0.3 is 0 Å². The molecule has 0 aliphatic carbocycles. The second kappa shape index (κ2) is 5.95. The SMILES string of the molecule is N#Cc1ccc(CC(F)c2ccc3ccccc3c2)cc1F. The highest BCUT2D eigenvalue weighted by Crippen LogP contribution is 2.26. The maximum Gasteiger partial charge on any atom is 0.141 e. The molecule has 108 valence electrons. The van der Waals surface area contributed by atoms with Gasteiger partial charge in [0.25, 0.3) is 0 Å². The van der Waals surface area contributed by atoms with Gasteiger partial charge in [0, 0.05) is 6.42 Å². The van der Waals surface area contributed by atoms with Crippen molar-refractivity contribution in [2.45, 2.75) is 12.6 Å². The van der Waals surface area contributed by atoms with Gasteiger partial charge in [0.1, 0.15) is 18.1 Å². The Labute approximate surface area is 127 Å². The van der Waals surface area contributed by atoms with Gasteiger partial charge in [0.15, 0.2) is 0 Å². The van der Waals surface area contributed by atoms with Crippen LogP contribution in [-0.2, 0) is 6.42 Å². The molecule has 3 rings (SSSR count). The summed E-state index contributed by atoms with van der Waals surface area (Å²) in [4.78, 5) is 0. The summed E-state index contributed by atoms with van der Waals surface area (Å²) in [5.74, 6) is -0.606. The first-order valence-corrected chi connectivity index (χ1v) is 6.98. The zero-order valence-electron chi connectivity index (χ0n) is 11.8. The van der Waals surface area contributed by atoms with Gasteiger partial charge in [-0.15, -0.1) is 0 Å². The molecule has 3 aromatic carbocycles. The molecule has 0 aliphatic rings. The van der Waals surface area contributed by atoms with Crippen molar-refractivity contribution in [3.05, 3.63) is 83.2 Å². The van der Waals surface area contributed by atoms with Gasteiger partial charge in [0.2, 0.25) is 0 Å². The molecule has 0 spiro atoms. The van der Waals surface area contributed by atoms with Crippen molar-refractivity contribution in [2.24, 2.45) is 0 Å². The maximum absolute atomic E-state index is 14.5. The van der Waals surface area contributed by atoms with E-state index in [2.05, 4.69) is 0 Å². The van der Waals surface area contributed by atoms with Crippen molar-refractivity contribution in [1.29, 1.82) is 5.26 Å². The van der Waals surface area contributed by atoms with Crippen LogP contribution in [0.25, 0.3) is 10.8 Å². The standard InChI is InChI=1S/C19H13F2N/c20-18(9-13-5-6-17(12-22)19(21)10-13)16-8-7-14-3-1-2-4-15(14)11-16/h1-8,10-11,18H,9H2. The number of rotatable bonds is 3. The second-order valence-electron chi connectivity index (χ2n) is 5.20. The Morgan fingerprint density at radius 1 is 0.955 bits per heavy atom. The fourth-order valence-corrected chi connectivity index (χ4v) is 2.50. The van der Waals surface area contributed by atoms with Crippen LogP contribution in [0.2, 0.25) is 0 Å². The van der Waals surface area contributed by atoms with E-state index in [1.54, 1.807) is 18.2 Å². The Bertz CT molecular complexity index is 865. The normalized spacial score (nSPS) is 12.0. The van der Waals surface area contributed by atoms with Crippen LogP contribution in [0.3, 0.4) is 0 Å². The zero-order valence-corrected chi connectivity index (χ0v) is 11.8. The molecule has 22 heavy (non-hydrogen) atoms. The topological polar surface area (TPSA) is 23.8 Å². The Morgan fingerprint density at radius 2 is 1.73 bits per heavy atom. The van der Waals surface area contributed by atoms with Crippen molar-refractivity contribution in [3.63, 3.8) is 0 Å². The Kier molecular flexibility index (Phi) is 3.84. The highest BCUT2D eigenvalue weighted by atomic mass is 19.1. The van der Waals surface area contributed by atoms with Gasteiger partial charge in [-0.25, -0.2) is 8.78 Å². The third-order valence-electron chi connectivity index (χ3n) is 3.70. The molecule has 0 radical (unpaired) electrons. The first kappa shape index (κ1) is 14.2. The number of nitrogens with zero attached hydrogens (tertiary/aromatic N) is 1. The lowest BCUT2D eigenvalue weighted by atomic mass is 9.99. The minimum Gasteiger partial charge on any atom is -0.242 e. The van der Waals surface area contributed by atoms with Gasteiger partial charge in [-0.05, 0) is 40.1 Å². The quantitative estimate of drug-likeness (QED) is 0.658. The van der Waals surface area contributed by atoms with Crippen LogP contribution in [0.5, 0.6) is 0 Å². The van der Waals surface area contributed by atoms with Gasteiger partial charge < -0.3 is 0 Å². The summed E-state index contributed by atoms with van der Waals surface area (Å²) in [6.45, 7) is 0. The molecule has 0 aliphatic heterocycles. The number of hydrogen-bond donors (Lipinski definition) is 0. The van der Waals surface area contributed by atoms with E-state index in [9.17, 15) is 8.78 Å². The van der Waals surface area contributed by atoms with E-state index >= 15 is 0 Å². The van der Waals surface area contributed by atoms with Gasteiger partial charge in [-0.3, -0.25) is 0 Å². The number of benzene rings is 3. The molecule has 0 heterocycles. The first-order valence-electron chi connectivity index (χ1n) is 6.98. The number of fused-ring (bicyclic) bond motifs is 1. The fourth-order valence-electron chi connectivity index (χ4n) is 2.50. The van der Waals surface area contributed by atoms with Crippen molar-refractivity contribution in [2.75, 3.05) is 0 Å². The Hall–Kier alpha value is -2.73. The predicted octanol–water partition coefficient (Wildman–Crippen LogP) is 5.10. The minimum absolute atomic E-state index is 0.0233. The minimum atomic E-state index is -1.21. The lowest BCUT2D eigenvalue weighted by molar-refractivity contribution is 0.342. The third kappa shape index (κ3) is 2.82. The van der Waals surface area contributed by atoms with Crippen LogP contribution < -0.4 is 0 Å². The maximum atomic E-state index is 14.5. The molecule has 0 fully saturated rings. The Morgan fingerprint density at radius 3 is 2.45 bits per heavy atom. The predicted molar refractivity (Wildman–Crippen MR) is 82.6 cm³/mol. The van der Waals surface area contributed by atoms with Crippen molar-refractivity contribution in [1.82, 2.24) is 0 Å². The van der Waals surface area contributed by atoms with E-state index in [4.69, 9.17) is 5.26 Å². The van der Waals surface area contributed by atoms with Gasteiger partial charge in [0.05, 0.1) is 5.56 Å². The van der Waals surface area contributed by atoms with Crippen LogP contribution in [0, 0.1) is 17.1 Å². The van der Waals surface area contributed by atoms with E-state index in [1.165, 1.54) is 12.1 Å². The summed E-state index contributed by atoms with van der Waals surface area (Å²) in [6, 6.07) is 19.2. The molecule has 1 unspecified atom stereocenters. The van der Waals surface area contributed by atoms with Gasteiger partial charge in [-0.2, -0.15) is 5.26 Å². The average Bonchev–Trinajstić information content (AvgIpc) is 2.54. The molecule has 0 aromatic heterocycles. The van der Waals surface area contributed by atoms with Crippen LogP contribution in [-0.4, -0.2) is 0 Å². The molecule has 3 aromatic rings. The molecule has 0 saturated carbocycles. The molecule has 3 heteroatoms. The molecular formula is C19H13F2N. The fraction of sp³-hybridized carbons (Fsp3) is 0.105. The molecule has 1 nitrogen and oxygen atoms in total.